The number of halogens is 1. The van der Waals surface area contributed by atoms with E-state index in [4.69, 9.17) is 16.3 Å². The van der Waals surface area contributed by atoms with E-state index in [1.807, 2.05) is 6.07 Å². The van der Waals surface area contributed by atoms with Crippen molar-refractivity contribution < 1.29 is 4.74 Å². The third kappa shape index (κ3) is 2.24. The van der Waals surface area contributed by atoms with Gasteiger partial charge in [0, 0.05) is 18.0 Å². The van der Waals surface area contributed by atoms with Crippen molar-refractivity contribution in [3.8, 4) is 5.75 Å². The van der Waals surface area contributed by atoms with Crippen LogP contribution < -0.4 is 10.3 Å². The lowest BCUT2D eigenvalue weighted by Gasteiger charge is -2.08. The lowest BCUT2D eigenvalue weighted by molar-refractivity contribution is 0.360. The first kappa shape index (κ1) is 12.2. The molecule has 0 spiro atoms. The fourth-order valence-electron chi connectivity index (χ4n) is 2.31. The van der Waals surface area contributed by atoms with Gasteiger partial charge in [0.1, 0.15) is 18.2 Å². The van der Waals surface area contributed by atoms with Crippen LogP contribution in [-0.4, -0.2) is 16.2 Å². The molecule has 4 nitrogen and oxygen atoms in total. The zero-order valence-corrected chi connectivity index (χ0v) is 11.1. The van der Waals surface area contributed by atoms with Crippen molar-refractivity contribution in [1.29, 1.82) is 0 Å². The minimum absolute atomic E-state index is 0.00708. The van der Waals surface area contributed by atoms with Crippen LogP contribution in [0.3, 0.4) is 0 Å². The van der Waals surface area contributed by atoms with Crippen LogP contribution in [0.1, 0.15) is 12.2 Å². The summed E-state index contributed by atoms with van der Waals surface area (Å²) in [5.74, 6) is 1.48. The molecule has 0 saturated carbocycles. The Hall–Kier alpha value is -1.81. The average molecular weight is 277 g/mol. The van der Waals surface area contributed by atoms with Gasteiger partial charge in [0.2, 0.25) is 0 Å². The van der Waals surface area contributed by atoms with E-state index < -0.39 is 0 Å². The van der Waals surface area contributed by atoms with Crippen LogP contribution >= 0.6 is 11.6 Å². The number of nitrogens with zero attached hydrogens (tertiary/aromatic N) is 2. The summed E-state index contributed by atoms with van der Waals surface area (Å²) in [5, 5.41) is 1.01. The number of fused-ring (bicyclic) bond motifs is 2. The summed E-state index contributed by atoms with van der Waals surface area (Å²) in [5.41, 5.74) is 0.725. The second-order valence-corrected chi connectivity index (χ2v) is 5.11. The van der Waals surface area contributed by atoms with E-state index in [9.17, 15) is 4.79 Å². The fourth-order valence-corrected chi connectivity index (χ4v) is 2.37. The first-order valence-electron chi connectivity index (χ1n) is 6.15. The maximum Gasteiger partial charge on any atom is 0.261 e. The number of hydrogen-bond donors (Lipinski definition) is 0. The van der Waals surface area contributed by atoms with Gasteiger partial charge < -0.3 is 4.74 Å². The summed E-state index contributed by atoms with van der Waals surface area (Å²) in [6.07, 6.45) is 1.85. The number of benzene rings is 1. The molecule has 0 radical (unpaired) electrons. The van der Waals surface area contributed by atoms with Crippen LogP contribution in [0.25, 0.3) is 10.9 Å². The Kier molecular flexibility index (Phi) is 3.03. The van der Waals surface area contributed by atoms with Crippen molar-refractivity contribution in [1.82, 2.24) is 9.55 Å². The highest BCUT2D eigenvalue weighted by Gasteiger charge is 2.16. The molecule has 1 aliphatic heterocycles. The highest BCUT2D eigenvalue weighted by atomic mass is 35.5. The zero-order valence-electron chi connectivity index (χ0n) is 10.4. The number of aromatic nitrogens is 2. The highest BCUT2D eigenvalue weighted by molar-refractivity contribution is 6.29. The molecule has 0 fully saturated rings. The Balaban J connectivity index is 2.07. The monoisotopic (exact) mass is 276 g/mol. The Bertz CT molecular complexity index is 721. The van der Waals surface area contributed by atoms with Crippen LogP contribution in [0.15, 0.2) is 34.6 Å². The van der Waals surface area contributed by atoms with Gasteiger partial charge in [-0.1, -0.05) is 18.2 Å². The average Bonchev–Trinajstić information content (AvgIpc) is 2.85. The molecule has 2 aromatic rings. The summed E-state index contributed by atoms with van der Waals surface area (Å²) in [6, 6.07) is 5.32. The van der Waals surface area contributed by atoms with E-state index >= 15 is 0 Å². The minimum atomic E-state index is 0.00708. The molecule has 5 heteroatoms. The second-order valence-electron chi connectivity index (χ2n) is 4.57. The topological polar surface area (TPSA) is 44.1 Å². The van der Waals surface area contributed by atoms with E-state index in [1.165, 1.54) is 0 Å². The fraction of sp³-hybridized carbons (Fsp3) is 0.286. The summed E-state index contributed by atoms with van der Waals surface area (Å²) in [6.45, 7) is 4.54. The maximum absolute atomic E-state index is 12.3. The molecule has 98 valence electrons. The summed E-state index contributed by atoms with van der Waals surface area (Å²) in [7, 11) is 0. The van der Waals surface area contributed by atoms with Gasteiger partial charge in [0.15, 0.2) is 0 Å². The smallest absolute Gasteiger partial charge is 0.261 e. The first-order valence-corrected chi connectivity index (χ1v) is 6.52. The molecule has 19 heavy (non-hydrogen) atoms. The van der Waals surface area contributed by atoms with Crippen LogP contribution in [0, 0.1) is 0 Å². The first-order chi connectivity index (χ1) is 9.15. The van der Waals surface area contributed by atoms with Crippen molar-refractivity contribution >= 4 is 22.5 Å². The van der Waals surface area contributed by atoms with Gasteiger partial charge in [-0.15, -0.1) is 0 Å². The van der Waals surface area contributed by atoms with E-state index in [2.05, 4.69) is 11.6 Å². The summed E-state index contributed by atoms with van der Waals surface area (Å²) >= 11 is 5.66. The zero-order chi connectivity index (χ0) is 13.4. The van der Waals surface area contributed by atoms with E-state index in [-0.39, 0.29) is 12.2 Å². The third-order valence-corrected chi connectivity index (χ3v) is 3.29. The SMILES string of the molecule is C=C(Cl)COc1ccc2nc3n(c(=O)c2c1)CCC3. The van der Waals surface area contributed by atoms with Crippen molar-refractivity contribution in [2.45, 2.75) is 19.4 Å². The molecule has 0 N–H and O–H groups in total. The molecule has 1 aromatic heterocycles. The van der Waals surface area contributed by atoms with Gasteiger partial charge in [0.25, 0.3) is 5.56 Å². The minimum Gasteiger partial charge on any atom is -0.488 e. The Morgan fingerprint density at radius 2 is 2.37 bits per heavy atom. The lowest BCUT2D eigenvalue weighted by atomic mass is 10.2. The quantitative estimate of drug-likeness (QED) is 0.865. The van der Waals surface area contributed by atoms with Crippen LogP contribution in [-0.2, 0) is 13.0 Å². The normalized spacial score (nSPS) is 13.5. The number of aryl methyl sites for hydroxylation is 1. The molecule has 0 aliphatic carbocycles. The highest BCUT2D eigenvalue weighted by Crippen LogP contribution is 2.20. The van der Waals surface area contributed by atoms with Gasteiger partial charge in [-0.3, -0.25) is 9.36 Å². The van der Waals surface area contributed by atoms with Crippen LogP contribution in [0.2, 0.25) is 0 Å². The Morgan fingerprint density at radius 3 is 3.16 bits per heavy atom. The molecular formula is C14H13ClN2O2. The largest absolute Gasteiger partial charge is 0.488 e. The predicted octanol–water partition coefficient (Wildman–Crippen LogP) is 2.47. The van der Waals surface area contributed by atoms with Crippen molar-refractivity contribution in [2.24, 2.45) is 0 Å². The van der Waals surface area contributed by atoms with Gasteiger partial charge in [0.05, 0.1) is 10.9 Å². The number of rotatable bonds is 3. The Morgan fingerprint density at radius 1 is 1.53 bits per heavy atom. The van der Waals surface area contributed by atoms with Crippen LogP contribution in [0.5, 0.6) is 5.75 Å². The van der Waals surface area contributed by atoms with E-state index in [1.54, 1.807) is 16.7 Å². The van der Waals surface area contributed by atoms with Crippen molar-refractivity contribution in [3.05, 3.63) is 46.0 Å². The molecule has 1 aromatic carbocycles. The molecule has 0 atom stereocenters. The predicted molar refractivity (Wildman–Crippen MR) is 74.8 cm³/mol. The summed E-state index contributed by atoms with van der Waals surface area (Å²) < 4.78 is 7.19. The molecule has 2 heterocycles. The molecule has 1 aliphatic rings. The summed E-state index contributed by atoms with van der Waals surface area (Å²) in [4.78, 5) is 16.9. The maximum atomic E-state index is 12.3. The van der Waals surface area contributed by atoms with Gasteiger partial charge >= 0.3 is 0 Å². The van der Waals surface area contributed by atoms with E-state index in [0.717, 1.165) is 30.7 Å². The third-order valence-electron chi connectivity index (χ3n) is 3.18. The molecule has 0 amide bonds. The van der Waals surface area contributed by atoms with Crippen molar-refractivity contribution in [2.75, 3.05) is 6.61 Å². The molecule has 0 bridgehead atoms. The molecule has 0 saturated heterocycles. The standard InChI is InChI=1S/C14H13ClN2O2/c1-9(15)8-19-10-4-5-12-11(7-10)14(18)17-6-2-3-13(17)16-12/h4-5,7H,1-3,6,8H2. The molecule has 0 unspecified atom stereocenters. The number of ether oxygens (including phenoxy) is 1. The number of hydrogen-bond acceptors (Lipinski definition) is 3. The van der Waals surface area contributed by atoms with E-state index in [0.29, 0.717) is 16.2 Å². The van der Waals surface area contributed by atoms with Crippen LogP contribution in [0.4, 0.5) is 0 Å². The van der Waals surface area contributed by atoms with Gasteiger partial charge in [-0.2, -0.15) is 0 Å². The second kappa shape index (κ2) is 4.70. The lowest BCUT2D eigenvalue weighted by Crippen LogP contribution is -2.20. The van der Waals surface area contributed by atoms with Gasteiger partial charge in [-0.05, 0) is 24.6 Å². The Labute approximate surface area is 115 Å². The molecular weight excluding hydrogens is 264 g/mol. The molecule has 3 rings (SSSR count). The van der Waals surface area contributed by atoms with Gasteiger partial charge in [-0.25, -0.2) is 4.98 Å². The van der Waals surface area contributed by atoms with Crippen molar-refractivity contribution in [3.63, 3.8) is 0 Å².